The number of nitrogens with one attached hydrogen (secondary N) is 1. The minimum atomic E-state index is -3.22. The number of halogens is 1. The van der Waals surface area contributed by atoms with Crippen molar-refractivity contribution in [3.05, 3.63) is 0 Å². The van der Waals surface area contributed by atoms with Crippen LogP contribution in [0.15, 0.2) is 0 Å². The SMILES string of the molecule is CC(C)(C)CCS(=O)(=O)NC(C)(C)CCl. The highest BCUT2D eigenvalue weighted by Gasteiger charge is 2.25. The topological polar surface area (TPSA) is 46.2 Å². The molecule has 5 heteroatoms. The molecule has 1 N–H and O–H groups in total. The Morgan fingerprint density at radius 1 is 1.13 bits per heavy atom. The van der Waals surface area contributed by atoms with Gasteiger partial charge in [-0.2, -0.15) is 0 Å². The van der Waals surface area contributed by atoms with Gasteiger partial charge in [0, 0.05) is 11.4 Å². The summed E-state index contributed by atoms with van der Waals surface area (Å²) in [5.74, 6) is 0.415. The Balaban J connectivity index is 4.34. The van der Waals surface area contributed by atoms with Gasteiger partial charge in [-0.05, 0) is 25.7 Å². The standard InChI is InChI=1S/C10H22ClNO2S/c1-9(2,3)6-7-15(13,14)12-10(4,5)8-11/h12H,6-8H2,1-5H3. The predicted molar refractivity (Wildman–Crippen MR) is 65.8 cm³/mol. The van der Waals surface area contributed by atoms with Crippen molar-refractivity contribution in [1.82, 2.24) is 4.72 Å². The van der Waals surface area contributed by atoms with Crippen molar-refractivity contribution in [2.75, 3.05) is 11.6 Å². The molecule has 0 spiro atoms. The third kappa shape index (κ3) is 8.05. The van der Waals surface area contributed by atoms with E-state index >= 15 is 0 Å². The first-order chi connectivity index (χ1) is 6.47. The maximum atomic E-state index is 11.7. The molecular formula is C10H22ClNO2S. The normalized spacial score (nSPS) is 14.3. The van der Waals surface area contributed by atoms with Crippen molar-refractivity contribution in [2.45, 2.75) is 46.6 Å². The van der Waals surface area contributed by atoms with Crippen LogP contribution in [-0.4, -0.2) is 25.6 Å². The molecule has 0 aliphatic rings. The summed E-state index contributed by atoms with van der Waals surface area (Å²) in [5.41, 5.74) is -0.544. The van der Waals surface area contributed by atoms with E-state index in [0.29, 0.717) is 6.42 Å². The molecule has 0 saturated carbocycles. The van der Waals surface area contributed by atoms with E-state index in [-0.39, 0.29) is 17.0 Å². The lowest BCUT2D eigenvalue weighted by molar-refractivity contribution is 0.394. The summed E-state index contributed by atoms with van der Waals surface area (Å²) in [7, 11) is -3.22. The molecule has 92 valence electrons. The zero-order chi connectivity index (χ0) is 12.3. The summed E-state index contributed by atoms with van der Waals surface area (Å²) in [4.78, 5) is 0. The molecule has 0 atom stereocenters. The zero-order valence-electron chi connectivity index (χ0n) is 10.2. The molecule has 0 unspecified atom stereocenters. The molecule has 3 nitrogen and oxygen atoms in total. The van der Waals surface area contributed by atoms with Crippen molar-refractivity contribution < 1.29 is 8.42 Å². The first kappa shape index (κ1) is 15.2. The van der Waals surface area contributed by atoms with Gasteiger partial charge in [-0.25, -0.2) is 13.1 Å². The number of hydrogen-bond donors (Lipinski definition) is 1. The van der Waals surface area contributed by atoms with Crippen LogP contribution in [0.1, 0.15) is 41.0 Å². The highest BCUT2D eigenvalue weighted by atomic mass is 35.5. The van der Waals surface area contributed by atoms with E-state index in [4.69, 9.17) is 11.6 Å². The largest absolute Gasteiger partial charge is 0.212 e. The van der Waals surface area contributed by atoms with Crippen molar-refractivity contribution in [2.24, 2.45) is 5.41 Å². The second kappa shape index (κ2) is 5.02. The molecule has 0 aromatic carbocycles. The van der Waals surface area contributed by atoms with Crippen LogP contribution in [0.25, 0.3) is 0 Å². The first-order valence-electron chi connectivity index (χ1n) is 5.05. The second-order valence-corrected chi connectivity index (χ2v) is 7.86. The van der Waals surface area contributed by atoms with Gasteiger partial charge in [0.2, 0.25) is 10.0 Å². The Morgan fingerprint density at radius 3 is 1.93 bits per heavy atom. The highest BCUT2D eigenvalue weighted by molar-refractivity contribution is 7.89. The molecule has 15 heavy (non-hydrogen) atoms. The Hall–Kier alpha value is 0.200. The monoisotopic (exact) mass is 255 g/mol. The molecule has 0 bridgehead atoms. The van der Waals surface area contributed by atoms with E-state index in [9.17, 15) is 8.42 Å². The van der Waals surface area contributed by atoms with Gasteiger partial charge in [-0.15, -0.1) is 11.6 Å². The van der Waals surface area contributed by atoms with Gasteiger partial charge in [0.05, 0.1) is 5.75 Å². The molecular weight excluding hydrogens is 234 g/mol. The average molecular weight is 256 g/mol. The molecule has 0 aliphatic heterocycles. The third-order valence-corrected chi connectivity index (χ3v) is 4.16. The predicted octanol–water partition coefficient (Wildman–Crippen LogP) is 2.36. The van der Waals surface area contributed by atoms with E-state index in [2.05, 4.69) is 4.72 Å². The zero-order valence-corrected chi connectivity index (χ0v) is 11.8. The van der Waals surface area contributed by atoms with E-state index in [1.165, 1.54) is 0 Å². The molecule has 0 aromatic heterocycles. The lowest BCUT2D eigenvalue weighted by Gasteiger charge is -2.24. The average Bonchev–Trinajstić information content (AvgIpc) is 1.98. The van der Waals surface area contributed by atoms with Crippen molar-refractivity contribution in [1.29, 1.82) is 0 Å². The lowest BCUT2D eigenvalue weighted by atomic mass is 9.94. The molecule has 0 amide bonds. The van der Waals surface area contributed by atoms with Gasteiger partial charge in [-0.1, -0.05) is 20.8 Å². The molecule has 0 saturated heterocycles. The summed E-state index contributed by atoms with van der Waals surface area (Å²) < 4.78 is 26.0. The third-order valence-electron chi connectivity index (χ3n) is 1.89. The summed E-state index contributed by atoms with van der Waals surface area (Å²) in [6.07, 6.45) is 0.640. The van der Waals surface area contributed by atoms with E-state index in [1.807, 2.05) is 20.8 Å². The Labute approximate surface area is 98.6 Å². The smallest absolute Gasteiger partial charge is 0.212 e. The maximum Gasteiger partial charge on any atom is 0.212 e. The highest BCUT2D eigenvalue weighted by Crippen LogP contribution is 2.19. The number of alkyl halides is 1. The fourth-order valence-electron chi connectivity index (χ4n) is 0.940. The van der Waals surface area contributed by atoms with Gasteiger partial charge < -0.3 is 0 Å². The van der Waals surface area contributed by atoms with Gasteiger partial charge in [-0.3, -0.25) is 0 Å². The van der Waals surface area contributed by atoms with Crippen LogP contribution in [0.4, 0.5) is 0 Å². The van der Waals surface area contributed by atoms with Crippen molar-refractivity contribution in [3.8, 4) is 0 Å². The molecule has 0 aromatic rings. The fraction of sp³-hybridized carbons (Fsp3) is 1.00. The van der Waals surface area contributed by atoms with E-state index in [1.54, 1.807) is 13.8 Å². The first-order valence-corrected chi connectivity index (χ1v) is 7.24. The molecule has 0 fully saturated rings. The molecule has 0 rings (SSSR count). The molecule has 0 aliphatic carbocycles. The van der Waals surface area contributed by atoms with Gasteiger partial charge in [0.1, 0.15) is 0 Å². The van der Waals surface area contributed by atoms with Crippen LogP contribution in [0, 0.1) is 5.41 Å². The van der Waals surface area contributed by atoms with Gasteiger partial charge in [0.15, 0.2) is 0 Å². The summed E-state index contributed by atoms with van der Waals surface area (Å²) in [6, 6.07) is 0. The summed E-state index contributed by atoms with van der Waals surface area (Å²) in [6.45, 7) is 9.61. The number of rotatable bonds is 5. The Morgan fingerprint density at radius 2 is 1.60 bits per heavy atom. The van der Waals surface area contributed by atoms with Crippen LogP contribution >= 0.6 is 11.6 Å². The number of hydrogen-bond acceptors (Lipinski definition) is 2. The minimum absolute atomic E-state index is 0.0276. The minimum Gasteiger partial charge on any atom is -0.212 e. The summed E-state index contributed by atoms with van der Waals surface area (Å²) in [5, 5.41) is 0. The molecule has 0 heterocycles. The second-order valence-electron chi connectivity index (χ2n) is 5.75. The van der Waals surface area contributed by atoms with E-state index < -0.39 is 15.6 Å². The lowest BCUT2D eigenvalue weighted by Crippen LogP contribution is -2.46. The van der Waals surface area contributed by atoms with Crippen molar-refractivity contribution >= 4 is 21.6 Å². The number of sulfonamides is 1. The Kier molecular flexibility index (Phi) is 5.09. The van der Waals surface area contributed by atoms with Gasteiger partial charge in [0.25, 0.3) is 0 Å². The van der Waals surface area contributed by atoms with Gasteiger partial charge >= 0.3 is 0 Å². The van der Waals surface area contributed by atoms with Crippen LogP contribution in [0.3, 0.4) is 0 Å². The maximum absolute atomic E-state index is 11.7. The molecule has 0 radical (unpaired) electrons. The summed E-state index contributed by atoms with van der Waals surface area (Å²) >= 11 is 5.66. The van der Waals surface area contributed by atoms with Crippen LogP contribution in [-0.2, 0) is 10.0 Å². The van der Waals surface area contributed by atoms with Crippen molar-refractivity contribution in [3.63, 3.8) is 0 Å². The van der Waals surface area contributed by atoms with Crippen LogP contribution < -0.4 is 4.72 Å². The fourth-order valence-corrected chi connectivity index (χ4v) is 2.98. The van der Waals surface area contributed by atoms with Crippen LogP contribution in [0.5, 0.6) is 0 Å². The Bertz CT molecular complexity index is 291. The quantitative estimate of drug-likeness (QED) is 0.767. The van der Waals surface area contributed by atoms with E-state index in [0.717, 1.165) is 0 Å². The van der Waals surface area contributed by atoms with Crippen LogP contribution in [0.2, 0.25) is 0 Å².